The van der Waals surface area contributed by atoms with Crippen LogP contribution in [0.1, 0.15) is 17.4 Å². The van der Waals surface area contributed by atoms with Crippen LogP contribution in [0.2, 0.25) is 0 Å². The van der Waals surface area contributed by atoms with Crippen molar-refractivity contribution in [3.8, 4) is 11.4 Å². The van der Waals surface area contributed by atoms with Gasteiger partial charge in [0.05, 0.1) is 0 Å². The van der Waals surface area contributed by atoms with Crippen molar-refractivity contribution in [2.75, 3.05) is 0 Å². The van der Waals surface area contributed by atoms with Crippen LogP contribution in [0.25, 0.3) is 11.4 Å². The number of halogens is 1. The van der Waals surface area contributed by atoms with Crippen LogP contribution in [-0.4, -0.2) is 14.8 Å². The quantitative estimate of drug-likeness (QED) is 0.544. The summed E-state index contributed by atoms with van der Waals surface area (Å²) in [7, 11) is 0. The topological polar surface area (TPSA) is 30.7 Å². The molecule has 0 aliphatic carbocycles. The van der Waals surface area contributed by atoms with E-state index >= 15 is 0 Å². The highest BCUT2D eigenvalue weighted by atomic mass is 79.9. The molecule has 6 heteroatoms. The van der Waals surface area contributed by atoms with E-state index in [-0.39, 0.29) is 0 Å². The fourth-order valence-electron chi connectivity index (χ4n) is 2.18. The molecule has 2 aromatic heterocycles. The Morgan fingerprint density at radius 1 is 1.23 bits per heavy atom. The van der Waals surface area contributed by atoms with Gasteiger partial charge in [0.25, 0.3) is 0 Å². The molecule has 3 rings (SSSR count). The summed E-state index contributed by atoms with van der Waals surface area (Å²) >= 11 is 6.94. The van der Waals surface area contributed by atoms with Crippen molar-refractivity contribution in [2.45, 2.75) is 31.3 Å². The molecule has 0 saturated carbocycles. The van der Waals surface area contributed by atoms with E-state index in [1.54, 1.807) is 23.1 Å². The molecule has 22 heavy (non-hydrogen) atoms. The number of benzene rings is 1. The van der Waals surface area contributed by atoms with Crippen molar-refractivity contribution < 1.29 is 0 Å². The first-order valence-electron chi connectivity index (χ1n) is 7.03. The Labute approximate surface area is 146 Å². The first kappa shape index (κ1) is 15.8. The maximum atomic E-state index is 4.39. The van der Waals surface area contributed by atoms with Crippen LogP contribution in [0.15, 0.2) is 45.3 Å². The Morgan fingerprint density at radius 3 is 2.64 bits per heavy atom. The number of hydrogen-bond donors (Lipinski definition) is 0. The largest absolute Gasteiger partial charge is 0.302 e. The third kappa shape index (κ3) is 3.45. The molecule has 0 amide bonds. The lowest BCUT2D eigenvalue weighted by Gasteiger charge is -2.06. The molecule has 3 nitrogen and oxygen atoms in total. The van der Waals surface area contributed by atoms with Crippen LogP contribution in [0.4, 0.5) is 0 Å². The molecule has 114 valence electrons. The van der Waals surface area contributed by atoms with Gasteiger partial charge in [-0.3, -0.25) is 0 Å². The first-order valence-corrected chi connectivity index (χ1v) is 9.69. The molecule has 0 fully saturated rings. The van der Waals surface area contributed by atoms with Gasteiger partial charge in [-0.1, -0.05) is 39.8 Å². The predicted octanol–water partition coefficient (Wildman–Crippen LogP) is 5.39. The minimum Gasteiger partial charge on any atom is -0.302 e. The van der Waals surface area contributed by atoms with E-state index in [1.807, 2.05) is 0 Å². The highest BCUT2D eigenvalue weighted by Gasteiger charge is 2.14. The lowest BCUT2D eigenvalue weighted by molar-refractivity contribution is 0.687. The maximum absolute atomic E-state index is 4.39. The average Bonchev–Trinajstić information content (AvgIpc) is 3.12. The Kier molecular flexibility index (Phi) is 5.00. The van der Waals surface area contributed by atoms with Gasteiger partial charge < -0.3 is 4.57 Å². The summed E-state index contributed by atoms with van der Waals surface area (Å²) < 4.78 is 3.29. The number of aryl methyl sites for hydroxylation is 1. The highest BCUT2D eigenvalue weighted by molar-refractivity contribution is 9.10. The van der Waals surface area contributed by atoms with Gasteiger partial charge in [0.1, 0.15) is 0 Å². The molecule has 0 bridgehead atoms. The third-order valence-corrected chi connectivity index (χ3v) is 5.73. The molecule has 0 saturated heterocycles. The Balaban J connectivity index is 1.79. The van der Waals surface area contributed by atoms with Crippen molar-refractivity contribution in [3.05, 3.63) is 50.6 Å². The van der Waals surface area contributed by atoms with E-state index < -0.39 is 0 Å². The highest BCUT2D eigenvalue weighted by Crippen LogP contribution is 2.29. The van der Waals surface area contributed by atoms with Crippen LogP contribution in [-0.2, 0) is 12.3 Å². The van der Waals surface area contributed by atoms with Gasteiger partial charge in [-0.2, -0.15) is 0 Å². The lowest BCUT2D eigenvalue weighted by atomic mass is 10.2. The molecule has 0 spiro atoms. The summed E-state index contributed by atoms with van der Waals surface area (Å²) in [6.07, 6.45) is 0. The summed E-state index contributed by atoms with van der Waals surface area (Å²) in [6, 6.07) is 10.6. The van der Waals surface area contributed by atoms with Gasteiger partial charge in [-0.25, -0.2) is 0 Å². The van der Waals surface area contributed by atoms with Crippen molar-refractivity contribution in [1.29, 1.82) is 0 Å². The van der Waals surface area contributed by atoms with Crippen LogP contribution in [0.5, 0.6) is 0 Å². The second-order valence-electron chi connectivity index (χ2n) is 4.91. The molecule has 1 aromatic carbocycles. The van der Waals surface area contributed by atoms with Crippen molar-refractivity contribution >= 4 is 39.0 Å². The number of thioether (sulfide) groups is 1. The van der Waals surface area contributed by atoms with Crippen LogP contribution in [0.3, 0.4) is 0 Å². The third-order valence-electron chi connectivity index (χ3n) is 3.30. The Morgan fingerprint density at radius 2 is 2.00 bits per heavy atom. The van der Waals surface area contributed by atoms with Crippen LogP contribution >= 0.6 is 39.0 Å². The molecule has 0 unspecified atom stereocenters. The molecule has 0 N–H and O–H groups in total. The minimum absolute atomic E-state index is 0.875. The van der Waals surface area contributed by atoms with E-state index in [4.69, 9.17) is 0 Å². The van der Waals surface area contributed by atoms with Crippen LogP contribution in [0, 0.1) is 6.92 Å². The second kappa shape index (κ2) is 6.98. The lowest BCUT2D eigenvalue weighted by Crippen LogP contribution is -1.99. The zero-order chi connectivity index (χ0) is 15.5. The molecule has 0 atom stereocenters. The predicted molar refractivity (Wildman–Crippen MR) is 97.4 cm³/mol. The van der Waals surface area contributed by atoms with Crippen molar-refractivity contribution in [2.24, 2.45) is 0 Å². The van der Waals surface area contributed by atoms with Gasteiger partial charge in [0.2, 0.25) is 0 Å². The molecular formula is C16H16BrN3S2. The van der Waals surface area contributed by atoms with E-state index in [0.29, 0.717) is 0 Å². The summed E-state index contributed by atoms with van der Waals surface area (Å²) in [6.45, 7) is 5.12. The SMILES string of the molecule is CCn1c(SCc2ccc(Br)cc2)nnc1-c1csc(C)c1. The van der Waals surface area contributed by atoms with Crippen molar-refractivity contribution in [1.82, 2.24) is 14.8 Å². The van der Waals surface area contributed by atoms with E-state index in [0.717, 1.165) is 33.3 Å². The second-order valence-corrected chi connectivity index (χ2v) is 7.89. The van der Waals surface area contributed by atoms with Crippen molar-refractivity contribution in [3.63, 3.8) is 0 Å². The standard InChI is InChI=1S/C16H16BrN3S2/c1-3-20-15(13-8-11(2)21-10-13)18-19-16(20)22-9-12-4-6-14(17)7-5-12/h4-8,10H,3,9H2,1-2H3. The van der Waals surface area contributed by atoms with Gasteiger partial charge >= 0.3 is 0 Å². The van der Waals surface area contributed by atoms with E-state index in [1.165, 1.54) is 10.4 Å². The molecule has 0 aliphatic rings. The zero-order valence-corrected chi connectivity index (χ0v) is 15.6. The number of rotatable bonds is 5. The van der Waals surface area contributed by atoms with E-state index in [2.05, 4.69) is 80.3 Å². The summed E-state index contributed by atoms with van der Waals surface area (Å²) in [4.78, 5) is 1.30. The fourth-order valence-corrected chi connectivity index (χ4v) is 4.09. The smallest absolute Gasteiger partial charge is 0.191 e. The summed E-state index contributed by atoms with van der Waals surface area (Å²) in [5.41, 5.74) is 2.44. The molecular weight excluding hydrogens is 378 g/mol. The normalized spacial score (nSPS) is 11.0. The summed E-state index contributed by atoms with van der Waals surface area (Å²) in [5, 5.41) is 11.9. The average molecular weight is 394 g/mol. The minimum atomic E-state index is 0.875. The summed E-state index contributed by atoms with van der Waals surface area (Å²) in [5.74, 6) is 1.86. The van der Waals surface area contributed by atoms with Gasteiger partial charge in [-0.05, 0) is 37.6 Å². The molecule has 0 radical (unpaired) electrons. The molecule has 2 heterocycles. The number of thiophene rings is 1. The monoisotopic (exact) mass is 393 g/mol. The van der Waals surface area contributed by atoms with E-state index in [9.17, 15) is 0 Å². The van der Waals surface area contributed by atoms with Crippen LogP contribution < -0.4 is 0 Å². The number of nitrogens with zero attached hydrogens (tertiary/aromatic N) is 3. The maximum Gasteiger partial charge on any atom is 0.191 e. The first-order chi connectivity index (χ1) is 10.7. The van der Waals surface area contributed by atoms with Gasteiger partial charge in [-0.15, -0.1) is 21.5 Å². The molecule has 0 aliphatic heterocycles. The number of hydrogen-bond acceptors (Lipinski definition) is 4. The number of aromatic nitrogens is 3. The fraction of sp³-hybridized carbons (Fsp3) is 0.250. The zero-order valence-electron chi connectivity index (χ0n) is 12.4. The Hall–Kier alpha value is -1.11. The Bertz CT molecular complexity index is 762. The van der Waals surface area contributed by atoms with Gasteiger partial charge in [0, 0.05) is 32.6 Å². The van der Waals surface area contributed by atoms with Gasteiger partial charge in [0.15, 0.2) is 11.0 Å². The molecule has 3 aromatic rings.